The van der Waals surface area contributed by atoms with Crippen LogP contribution in [0.4, 0.5) is 9.59 Å². The Bertz CT molecular complexity index is 4200. The van der Waals surface area contributed by atoms with Crippen LogP contribution in [0.3, 0.4) is 0 Å². The normalized spacial score (nSPS) is 20.0. The molecular weight excluding hydrogens is 1510 g/mol. The van der Waals surface area contributed by atoms with Gasteiger partial charge in [0.15, 0.2) is 34.5 Å². The van der Waals surface area contributed by atoms with Crippen LogP contribution < -0.4 is 57.8 Å². The number of aromatic amines is 3. The number of ether oxygens (including phenoxy) is 9. The van der Waals surface area contributed by atoms with Crippen molar-refractivity contribution >= 4 is 112 Å². The third-order valence-corrected chi connectivity index (χ3v) is 16.5. The molecule has 4 amide bonds. The Balaban J connectivity index is 0.000000133. The molecule has 464 valence electrons. The number of para-hydroxylation sites is 3. The number of H-pyrrole nitrogens is 3. The molecule has 16 rings (SSSR count). The molecule has 0 aliphatic carbocycles. The first-order valence-electron chi connectivity index (χ1n) is 27.5. The van der Waals surface area contributed by atoms with E-state index in [-0.39, 0.29) is 64.2 Å². The smallest absolute Gasteiger partial charge is 0.337 e. The molecule has 0 unspecified atom stereocenters. The Labute approximate surface area is 545 Å². The van der Waals surface area contributed by atoms with E-state index in [1.165, 1.54) is 26.2 Å². The van der Waals surface area contributed by atoms with Crippen LogP contribution in [0.25, 0.3) is 32.7 Å². The summed E-state index contributed by atoms with van der Waals surface area (Å²) in [7, 11) is 4.04. The van der Waals surface area contributed by atoms with E-state index >= 15 is 0 Å². The number of nitrogens with one attached hydrogen (secondary N) is 6. The van der Waals surface area contributed by atoms with Gasteiger partial charge >= 0.3 is 74.5 Å². The van der Waals surface area contributed by atoms with Gasteiger partial charge in [-0.2, -0.15) is 0 Å². The fourth-order valence-electron chi connectivity index (χ4n) is 12.7. The first kappa shape index (κ1) is 62.7. The van der Waals surface area contributed by atoms with E-state index < -0.39 is 42.3 Å². The summed E-state index contributed by atoms with van der Waals surface area (Å²) in [6.07, 6.45) is 0.756. The van der Waals surface area contributed by atoms with Crippen molar-refractivity contribution in [1.82, 2.24) is 40.9 Å². The number of benzene rings is 6. The largest absolute Gasteiger partial charge is 0.454 e. The second kappa shape index (κ2) is 26.7. The number of nitrogens with zero attached hydrogens (tertiary/aromatic N) is 2. The number of methoxy groups -OCH3 is 3. The van der Waals surface area contributed by atoms with Gasteiger partial charge in [-0.05, 0) is 88.0 Å². The summed E-state index contributed by atoms with van der Waals surface area (Å²) in [6.45, 7) is 0.558. The molecule has 6 aromatic carbocycles. The molecule has 10 heterocycles. The minimum Gasteiger partial charge on any atom is -0.454 e. The molecule has 0 spiro atoms. The summed E-state index contributed by atoms with van der Waals surface area (Å²) < 4.78 is 47.9. The van der Waals surface area contributed by atoms with Crippen LogP contribution in [-0.4, -0.2) is 115 Å². The van der Waals surface area contributed by atoms with Crippen molar-refractivity contribution in [2.24, 2.45) is 0 Å². The van der Waals surface area contributed by atoms with Crippen molar-refractivity contribution < 1.29 is 79.9 Å². The molecule has 89 heavy (non-hydrogen) atoms. The first-order valence-corrected chi connectivity index (χ1v) is 40.1. The summed E-state index contributed by atoms with van der Waals surface area (Å²) >= 11 is 5.30. The average Bonchev–Trinajstić information content (AvgIpc) is 1.78. The van der Waals surface area contributed by atoms with E-state index in [0.29, 0.717) is 55.5 Å². The fraction of sp³-hybridized carbons (Fsp3) is 0.254. The van der Waals surface area contributed by atoms with Gasteiger partial charge in [-0.1, -0.05) is 80.2 Å². The van der Waals surface area contributed by atoms with Gasteiger partial charge in [0.2, 0.25) is 20.4 Å². The molecule has 7 aliphatic rings. The van der Waals surface area contributed by atoms with E-state index in [1.807, 2.05) is 109 Å². The predicted octanol–water partition coefficient (Wildman–Crippen LogP) is 7.63. The number of fused-ring (bicyclic) bond motifs is 13. The molecule has 26 heteroatoms. The monoisotopic (exact) mass is 1570 g/mol. The van der Waals surface area contributed by atoms with Crippen molar-refractivity contribution in [2.45, 2.75) is 62.9 Å². The summed E-state index contributed by atoms with van der Waals surface area (Å²) in [5.74, 6) is 3.03. The quantitative estimate of drug-likeness (QED) is 0.0550. The average molecular weight is 1570 g/mol. The molecule has 1 saturated heterocycles. The van der Waals surface area contributed by atoms with Crippen LogP contribution in [0.15, 0.2) is 127 Å². The standard InChI is InChI=1S/C22H20N2O6.C20H16N4O4.C20H18N2O4.CH4.ClH.I3/c1-27-21(25)16-10-14-13-5-3-4-6-15(13)23-19(14)20(24(16)22(26)28-2)12-7-8-17-18(9-12)30-11-29-17;25-19-14-8-12-11-3-1-2-4-13(11)21-17(12)18(24(14)20(26)23-22-19)10-5-6-15-16(7-10)28-9-27-15;1-24-20(23)15-9-13-12-4-2-3-5-14(12)21-19(13)18(22-15)11-6-7-16-17(8-11)26-10-25-16;;;1-3-2/h3-9,16,20,23H,10-11H2,1-2H3;1-7,14,18,21H,8-9H2,(H,22,25)(H,23,26);2-8,15,18,21-22H,9-10H2,1H3;1H4;1H;/q;;;;;-1/t16-,20-;14-,18-;15-,18-;;;/m111.../s1. The van der Waals surface area contributed by atoms with Crippen LogP contribution in [0, 0.1) is 0 Å². The van der Waals surface area contributed by atoms with E-state index in [0.717, 1.165) is 94.7 Å². The van der Waals surface area contributed by atoms with Crippen molar-refractivity contribution in [3.8, 4) is 34.5 Å². The van der Waals surface area contributed by atoms with Gasteiger partial charge in [0.1, 0.15) is 30.2 Å². The Morgan fingerprint density at radius 2 is 0.966 bits per heavy atom. The van der Waals surface area contributed by atoms with Gasteiger partial charge in [-0.15, -0.1) is 12.4 Å². The maximum atomic E-state index is 12.9. The Hall–Kier alpha value is -7.87. The zero-order valence-corrected chi connectivity index (χ0v) is 54.3. The number of hydrogen-bond donors (Lipinski definition) is 6. The van der Waals surface area contributed by atoms with Crippen LogP contribution in [0.5, 0.6) is 34.5 Å². The van der Waals surface area contributed by atoms with Crippen LogP contribution in [0.1, 0.15) is 76.0 Å². The second-order valence-electron chi connectivity index (χ2n) is 20.9. The van der Waals surface area contributed by atoms with Gasteiger partial charge in [-0.25, -0.2) is 19.8 Å². The molecule has 1 fully saturated rings. The minimum absolute atomic E-state index is 0. The summed E-state index contributed by atoms with van der Waals surface area (Å²) in [5.41, 5.74) is 16.6. The molecule has 9 aromatic rings. The number of urea groups is 1. The van der Waals surface area contributed by atoms with Crippen LogP contribution in [-0.2, 0) is 47.9 Å². The number of esters is 2. The number of rotatable bonds is 5. The molecule has 7 aliphatic heterocycles. The number of aromatic nitrogens is 3. The van der Waals surface area contributed by atoms with E-state index in [4.69, 9.17) is 42.6 Å². The predicted molar refractivity (Wildman–Crippen MR) is 343 cm³/mol. The number of carbonyl (C=O) groups is 5. The Kier molecular flexibility index (Phi) is 18.8. The van der Waals surface area contributed by atoms with Crippen molar-refractivity contribution in [1.29, 1.82) is 0 Å². The van der Waals surface area contributed by atoms with E-state index in [9.17, 15) is 24.0 Å². The van der Waals surface area contributed by atoms with E-state index in [2.05, 4.69) is 80.5 Å². The molecular formula is C63H59ClI3N8O14-. The maximum absolute atomic E-state index is 12.9. The number of hydrazine groups is 1. The van der Waals surface area contributed by atoms with Crippen molar-refractivity contribution in [3.63, 3.8) is 0 Å². The maximum Gasteiger partial charge on any atom is 0.337 e. The Morgan fingerprint density at radius 3 is 1.48 bits per heavy atom. The molecule has 6 N–H and O–H groups in total. The summed E-state index contributed by atoms with van der Waals surface area (Å²) in [6, 6.07) is 37.7. The van der Waals surface area contributed by atoms with Gasteiger partial charge in [0.05, 0.1) is 27.4 Å². The zero-order chi connectivity index (χ0) is 60.0. The van der Waals surface area contributed by atoms with Crippen LogP contribution >= 0.6 is 49.6 Å². The molecule has 22 nitrogen and oxygen atoms in total. The van der Waals surface area contributed by atoms with Gasteiger partial charge in [-0.3, -0.25) is 30.1 Å². The third kappa shape index (κ3) is 11.6. The van der Waals surface area contributed by atoms with E-state index in [1.54, 1.807) is 11.0 Å². The first-order chi connectivity index (χ1) is 42.5. The summed E-state index contributed by atoms with van der Waals surface area (Å²) in [5, 5.41) is 6.65. The SMILES string of the molecule is C.COC(=O)[C@H]1Cc2c([nH]c3ccccc23)[C@@H](c2ccc3c(c2)OCO3)N1.COC(=O)[C@H]1Cc2c([nH]c3ccccc23)[C@@H](c2ccc3c(c2)OCO3)N1C(=O)OC.Cl.I[I-]I.O=C1NNC(=O)N2[C@H](c3ccc4c(c3)OCO4)c3[nH]c4ccccc4c3C[C@H]12. The van der Waals surface area contributed by atoms with Gasteiger partial charge in [0.25, 0.3) is 5.91 Å². The molecule has 3 aromatic heterocycles. The van der Waals surface area contributed by atoms with Crippen molar-refractivity contribution in [3.05, 3.63) is 178 Å². The molecule has 0 saturated carbocycles. The Morgan fingerprint density at radius 1 is 0.528 bits per heavy atom. The number of hydrogen-bond acceptors (Lipinski definition) is 15. The van der Waals surface area contributed by atoms with Crippen molar-refractivity contribution in [2.75, 3.05) is 41.7 Å². The molecule has 6 atom stereocenters. The number of halogens is 4. The fourth-order valence-corrected chi connectivity index (χ4v) is 12.7. The van der Waals surface area contributed by atoms with Gasteiger partial charge in [0, 0.05) is 69.1 Å². The number of carbonyl (C=O) groups excluding carboxylic acids is 5. The third-order valence-electron chi connectivity index (χ3n) is 16.5. The molecule has 0 bridgehead atoms. The zero-order valence-electron chi connectivity index (χ0n) is 47.0. The number of amides is 4. The topological polar surface area (TPSA) is 258 Å². The minimum atomic E-state index is -0.829. The molecule has 0 radical (unpaired) electrons. The summed E-state index contributed by atoms with van der Waals surface area (Å²) in [4.78, 5) is 76.6. The second-order valence-corrected chi connectivity index (χ2v) is 37.2. The van der Waals surface area contributed by atoms with Gasteiger partial charge < -0.3 is 57.6 Å². The van der Waals surface area contributed by atoms with Crippen LogP contribution in [0.2, 0.25) is 0 Å².